The molecule has 33 heavy (non-hydrogen) atoms. The Morgan fingerprint density at radius 1 is 0.970 bits per heavy atom. The molecule has 8 heteroatoms. The van der Waals surface area contributed by atoms with E-state index in [-0.39, 0.29) is 16.9 Å². The van der Waals surface area contributed by atoms with Gasteiger partial charge in [0.2, 0.25) is 0 Å². The van der Waals surface area contributed by atoms with Crippen LogP contribution in [0.1, 0.15) is 67.2 Å². The van der Waals surface area contributed by atoms with Gasteiger partial charge in [0.25, 0.3) is 11.8 Å². The molecule has 0 aromatic heterocycles. The molecule has 0 fully saturated rings. The van der Waals surface area contributed by atoms with Crippen molar-refractivity contribution in [1.29, 1.82) is 0 Å². The van der Waals surface area contributed by atoms with Crippen molar-refractivity contribution in [1.82, 2.24) is 10.2 Å². The van der Waals surface area contributed by atoms with Crippen LogP contribution >= 0.6 is 28.1 Å². The highest BCUT2D eigenvalue weighted by molar-refractivity contribution is 9.10. The quantitative estimate of drug-likeness (QED) is 0.273. The van der Waals surface area contributed by atoms with Gasteiger partial charge in [0.15, 0.2) is 5.11 Å². The molecule has 0 saturated heterocycles. The van der Waals surface area contributed by atoms with Gasteiger partial charge in [-0.15, -0.1) is 0 Å². The SMILES string of the molecule is CCCCOc1ccc(C(=O)NC(=S)Nc2ccc(C(=O)N(CCC)CCC)cc2)cc1Br. The molecular weight excluding hydrogens is 502 g/mol. The number of ether oxygens (including phenoxy) is 1. The zero-order valence-electron chi connectivity index (χ0n) is 19.4. The summed E-state index contributed by atoms with van der Waals surface area (Å²) in [6.07, 6.45) is 3.87. The van der Waals surface area contributed by atoms with Gasteiger partial charge in [-0.25, -0.2) is 0 Å². The third-order valence-corrected chi connectivity index (χ3v) is 5.66. The smallest absolute Gasteiger partial charge is 0.257 e. The molecular formula is C25H32BrN3O3S. The first kappa shape index (κ1) is 26.8. The molecule has 0 radical (unpaired) electrons. The third-order valence-electron chi connectivity index (χ3n) is 4.84. The van der Waals surface area contributed by atoms with Crippen LogP contribution in [-0.2, 0) is 0 Å². The fourth-order valence-corrected chi connectivity index (χ4v) is 3.86. The van der Waals surface area contributed by atoms with E-state index in [9.17, 15) is 9.59 Å². The molecule has 0 spiro atoms. The number of benzene rings is 2. The Morgan fingerprint density at radius 2 is 1.61 bits per heavy atom. The van der Waals surface area contributed by atoms with Crippen molar-refractivity contribution in [3.8, 4) is 5.75 Å². The van der Waals surface area contributed by atoms with Crippen molar-refractivity contribution in [3.63, 3.8) is 0 Å². The molecule has 2 rings (SSSR count). The molecule has 0 aliphatic rings. The van der Waals surface area contributed by atoms with Gasteiger partial charge in [-0.1, -0.05) is 27.2 Å². The van der Waals surface area contributed by atoms with Crippen molar-refractivity contribution < 1.29 is 14.3 Å². The van der Waals surface area contributed by atoms with Crippen LogP contribution in [-0.4, -0.2) is 41.5 Å². The van der Waals surface area contributed by atoms with Crippen molar-refractivity contribution in [3.05, 3.63) is 58.1 Å². The van der Waals surface area contributed by atoms with E-state index in [0.717, 1.165) is 38.8 Å². The number of carbonyl (C=O) groups excluding carboxylic acids is 2. The Hall–Kier alpha value is -2.45. The molecule has 0 atom stereocenters. The number of anilines is 1. The second kappa shape index (κ2) is 14.0. The number of nitrogens with one attached hydrogen (secondary N) is 2. The fraction of sp³-hybridized carbons (Fsp3) is 0.400. The first-order valence-electron chi connectivity index (χ1n) is 11.3. The summed E-state index contributed by atoms with van der Waals surface area (Å²) in [4.78, 5) is 27.1. The monoisotopic (exact) mass is 533 g/mol. The molecule has 0 unspecified atom stereocenters. The number of nitrogens with zero attached hydrogens (tertiary/aromatic N) is 1. The second-order valence-corrected chi connectivity index (χ2v) is 8.89. The van der Waals surface area contributed by atoms with E-state index in [2.05, 4.69) is 47.3 Å². The van der Waals surface area contributed by atoms with E-state index < -0.39 is 0 Å². The summed E-state index contributed by atoms with van der Waals surface area (Å²) < 4.78 is 6.41. The molecule has 0 bridgehead atoms. The van der Waals surface area contributed by atoms with Crippen molar-refractivity contribution >= 4 is 50.8 Å². The summed E-state index contributed by atoms with van der Waals surface area (Å²) in [5.74, 6) is 0.399. The first-order valence-corrected chi connectivity index (χ1v) is 12.5. The van der Waals surface area contributed by atoms with E-state index in [1.54, 1.807) is 42.5 Å². The fourth-order valence-electron chi connectivity index (χ4n) is 3.16. The number of amides is 2. The van der Waals surface area contributed by atoms with Crippen LogP contribution in [0.15, 0.2) is 46.9 Å². The number of unbranched alkanes of at least 4 members (excludes halogenated alkanes) is 1. The number of hydrogen-bond acceptors (Lipinski definition) is 4. The minimum Gasteiger partial charge on any atom is -0.492 e. The molecule has 2 N–H and O–H groups in total. The largest absolute Gasteiger partial charge is 0.492 e. The number of carbonyl (C=O) groups is 2. The molecule has 2 aromatic rings. The lowest BCUT2D eigenvalue weighted by Gasteiger charge is -2.21. The Kier molecular flexibility index (Phi) is 11.3. The van der Waals surface area contributed by atoms with Crippen molar-refractivity contribution in [2.45, 2.75) is 46.5 Å². The topological polar surface area (TPSA) is 70.7 Å². The van der Waals surface area contributed by atoms with Crippen LogP contribution in [0.5, 0.6) is 5.75 Å². The third kappa shape index (κ3) is 8.44. The Bertz CT molecular complexity index is 944. The highest BCUT2D eigenvalue weighted by Gasteiger charge is 2.15. The Labute approximate surface area is 210 Å². The molecule has 0 saturated carbocycles. The number of rotatable bonds is 11. The number of hydrogen-bond donors (Lipinski definition) is 2. The predicted molar refractivity (Wildman–Crippen MR) is 141 cm³/mol. The van der Waals surface area contributed by atoms with Crippen molar-refractivity contribution in [2.24, 2.45) is 0 Å². The van der Waals surface area contributed by atoms with Gasteiger partial charge in [-0.05, 0) is 89.9 Å². The summed E-state index contributed by atoms with van der Waals surface area (Å²) in [5, 5.41) is 5.84. The maximum atomic E-state index is 12.7. The second-order valence-electron chi connectivity index (χ2n) is 7.63. The lowest BCUT2D eigenvalue weighted by atomic mass is 10.1. The van der Waals surface area contributed by atoms with Crippen LogP contribution in [0.3, 0.4) is 0 Å². The summed E-state index contributed by atoms with van der Waals surface area (Å²) in [7, 11) is 0. The van der Waals surface area contributed by atoms with E-state index in [1.807, 2.05) is 4.90 Å². The summed E-state index contributed by atoms with van der Waals surface area (Å²) in [6, 6.07) is 12.3. The minimum atomic E-state index is -0.324. The minimum absolute atomic E-state index is 0.0221. The zero-order valence-corrected chi connectivity index (χ0v) is 21.9. The maximum absolute atomic E-state index is 12.7. The molecule has 2 aromatic carbocycles. The van der Waals surface area contributed by atoms with Crippen LogP contribution in [0.4, 0.5) is 5.69 Å². The van der Waals surface area contributed by atoms with Gasteiger partial charge in [-0.3, -0.25) is 14.9 Å². The van der Waals surface area contributed by atoms with E-state index in [4.69, 9.17) is 17.0 Å². The lowest BCUT2D eigenvalue weighted by molar-refractivity contribution is 0.0755. The number of halogens is 1. The van der Waals surface area contributed by atoms with Crippen LogP contribution in [0.2, 0.25) is 0 Å². The van der Waals surface area contributed by atoms with E-state index in [1.165, 1.54) is 0 Å². The summed E-state index contributed by atoms with van der Waals surface area (Å²) in [5.41, 5.74) is 1.78. The average Bonchev–Trinajstić information content (AvgIpc) is 2.80. The summed E-state index contributed by atoms with van der Waals surface area (Å²) in [6.45, 7) is 8.34. The maximum Gasteiger partial charge on any atom is 0.257 e. The van der Waals surface area contributed by atoms with Gasteiger partial charge in [0.1, 0.15) is 5.75 Å². The lowest BCUT2D eigenvalue weighted by Crippen LogP contribution is -2.34. The molecule has 0 aliphatic heterocycles. The number of thiocarbonyl (C=S) groups is 1. The van der Waals surface area contributed by atoms with Gasteiger partial charge in [-0.2, -0.15) is 0 Å². The van der Waals surface area contributed by atoms with Crippen LogP contribution in [0, 0.1) is 0 Å². The van der Waals surface area contributed by atoms with Gasteiger partial charge < -0.3 is 15.0 Å². The van der Waals surface area contributed by atoms with Gasteiger partial charge >= 0.3 is 0 Å². The molecule has 0 heterocycles. The highest BCUT2D eigenvalue weighted by atomic mass is 79.9. The Morgan fingerprint density at radius 3 is 2.18 bits per heavy atom. The molecule has 2 amide bonds. The molecule has 178 valence electrons. The summed E-state index contributed by atoms with van der Waals surface area (Å²) >= 11 is 8.73. The van der Waals surface area contributed by atoms with Gasteiger partial charge in [0, 0.05) is 29.9 Å². The predicted octanol–water partition coefficient (Wildman–Crippen LogP) is 6.02. The van der Waals surface area contributed by atoms with E-state index >= 15 is 0 Å². The highest BCUT2D eigenvalue weighted by Crippen LogP contribution is 2.26. The van der Waals surface area contributed by atoms with E-state index in [0.29, 0.717) is 33.6 Å². The molecule has 6 nitrogen and oxygen atoms in total. The molecule has 0 aliphatic carbocycles. The Balaban J connectivity index is 1.94. The van der Waals surface area contributed by atoms with Crippen molar-refractivity contribution in [2.75, 3.05) is 25.0 Å². The first-order chi connectivity index (χ1) is 15.9. The normalized spacial score (nSPS) is 10.4. The van der Waals surface area contributed by atoms with Gasteiger partial charge in [0.05, 0.1) is 11.1 Å². The van der Waals surface area contributed by atoms with Crippen LogP contribution in [0.25, 0.3) is 0 Å². The van der Waals surface area contributed by atoms with Crippen LogP contribution < -0.4 is 15.4 Å². The average molecular weight is 535 g/mol. The standard InChI is InChI=1S/C25H32BrN3O3S/c1-4-7-16-32-22-13-10-19(17-21(22)26)23(30)28-25(33)27-20-11-8-18(9-12-20)24(31)29(14-5-2)15-6-3/h8-13,17H,4-7,14-16H2,1-3H3,(H2,27,28,30,33). The zero-order chi connectivity index (χ0) is 24.2.